The van der Waals surface area contributed by atoms with Gasteiger partial charge in [0.05, 0.1) is 25.8 Å². The Morgan fingerprint density at radius 1 is 1.19 bits per heavy atom. The minimum absolute atomic E-state index is 0.121. The lowest BCUT2D eigenvalue weighted by Gasteiger charge is -2.15. The van der Waals surface area contributed by atoms with Gasteiger partial charge < -0.3 is 20.1 Å². The van der Waals surface area contributed by atoms with Gasteiger partial charge in [0.1, 0.15) is 5.70 Å². The van der Waals surface area contributed by atoms with Crippen molar-refractivity contribution in [2.24, 2.45) is 0 Å². The number of ether oxygens (including phenoxy) is 1. The third-order valence-electron chi connectivity index (χ3n) is 4.46. The number of esters is 1. The molecule has 0 saturated heterocycles. The van der Waals surface area contributed by atoms with Crippen molar-refractivity contribution in [1.82, 2.24) is 4.90 Å². The molecule has 2 aromatic carbocycles. The lowest BCUT2D eigenvalue weighted by Crippen LogP contribution is -2.31. The SMILES string of the molecule is COC(=O)C1=C(Nc2ccc(-c3cccc(C)c3)cc2)C(=O)N(CCO)C1. The number of aryl methyl sites for hydroxylation is 1. The molecule has 2 aromatic rings. The van der Waals surface area contributed by atoms with Crippen molar-refractivity contribution in [2.45, 2.75) is 6.92 Å². The minimum Gasteiger partial charge on any atom is -0.466 e. The van der Waals surface area contributed by atoms with Gasteiger partial charge in [0.2, 0.25) is 0 Å². The van der Waals surface area contributed by atoms with Crippen LogP contribution in [0.2, 0.25) is 0 Å². The summed E-state index contributed by atoms with van der Waals surface area (Å²) in [6, 6.07) is 15.8. The standard InChI is InChI=1S/C21H22N2O4/c1-14-4-3-5-16(12-14)15-6-8-17(9-7-15)22-19-18(21(26)27-2)13-23(10-11-24)20(19)25/h3-9,12,22,24H,10-11,13H2,1-2H3. The van der Waals surface area contributed by atoms with Gasteiger partial charge in [-0.1, -0.05) is 42.0 Å². The van der Waals surface area contributed by atoms with Gasteiger partial charge in [-0.05, 0) is 30.2 Å². The van der Waals surface area contributed by atoms with Crippen LogP contribution in [0, 0.1) is 6.92 Å². The molecule has 0 unspecified atom stereocenters. The molecule has 0 radical (unpaired) electrons. The van der Waals surface area contributed by atoms with Crippen LogP contribution in [0.4, 0.5) is 5.69 Å². The first-order chi connectivity index (χ1) is 13.0. The Morgan fingerprint density at radius 2 is 1.93 bits per heavy atom. The second-order valence-electron chi connectivity index (χ2n) is 6.37. The predicted molar refractivity (Wildman–Crippen MR) is 103 cm³/mol. The number of hydrogen-bond acceptors (Lipinski definition) is 5. The smallest absolute Gasteiger partial charge is 0.337 e. The quantitative estimate of drug-likeness (QED) is 0.767. The van der Waals surface area contributed by atoms with Crippen molar-refractivity contribution >= 4 is 17.6 Å². The number of amides is 1. The fourth-order valence-electron chi connectivity index (χ4n) is 3.06. The lowest BCUT2D eigenvalue weighted by molar-refractivity contribution is -0.136. The molecule has 1 aliphatic rings. The summed E-state index contributed by atoms with van der Waals surface area (Å²) in [7, 11) is 1.28. The number of nitrogens with one attached hydrogen (secondary N) is 1. The number of β-amino-alcohol motifs (C(OH)–C–C–N with tert-alkyl or cyclic N) is 1. The second kappa shape index (κ2) is 8.05. The molecule has 1 amide bonds. The van der Waals surface area contributed by atoms with Gasteiger partial charge in [0, 0.05) is 12.2 Å². The molecular weight excluding hydrogens is 344 g/mol. The summed E-state index contributed by atoms with van der Waals surface area (Å²) >= 11 is 0. The van der Waals surface area contributed by atoms with Gasteiger partial charge >= 0.3 is 5.97 Å². The van der Waals surface area contributed by atoms with Crippen molar-refractivity contribution in [3.05, 3.63) is 65.4 Å². The molecule has 3 rings (SSSR count). The molecule has 140 valence electrons. The second-order valence-corrected chi connectivity index (χ2v) is 6.37. The summed E-state index contributed by atoms with van der Waals surface area (Å²) in [4.78, 5) is 26.0. The van der Waals surface area contributed by atoms with Crippen molar-refractivity contribution in [2.75, 3.05) is 32.1 Å². The zero-order chi connectivity index (χ0) is 19.4. The maximum Gasteiger partial charge on any atom is 0.337 e. The predicted octanol–water partition coefficient (Wildman–Crippen LogP) is 2.34. The van der Waals surface area contributed by atoms with Crippen LogP contribution in [0.3, 0.4) is 0 Å². The zero-order valence-electron chi connectivity index (χ0n) is 15.4. The van der Waals surface area contributed by atoms with Crippen LogP contribution in [-0.2, 0) is 14.3 Å². The zero-order valence-corrected chi connectivity index (χ0v) is 15.4. The number of anilines is 1. The maximum absolute atomic E-state index is 12.5. The van der Waals surface area contributed by atoms with Crippen LogP contribution in [0.15, 0.2) is 59.8 Å². The number of carbonyl (C=O) groups is 2. The number of aliphatic hydroxyl groups is 1. The highest BCUT2D eigenvalue weighted by Crippen LogP contribution is 2.26. The number of rotatable bonds is 6. The fourth-order valence-corrected chi connectivity index (χ4v) is 3.06. The van der Waals surface area contributed by atoms with Crippen molar-refractivity contribution in [1.29, 1.82) is 0 Å². The highest BCUT2D eigenvalue weighted by atomic mass is 16.5. The molecule has 2 N–H and O–H groups in total. The molecule has 0 aliphatic carbocycles. The Kier molecular flexibility index (Phi) is 5.57. The molecule has 0 aromatic heterocycles. The fraction of sp³-hybridized carbons (Fsp3) is 0.238. The summed E-state index contributed by atoms with van der Waals surface area (Å²) in [5.41, 5.74) is 4.51. The van der Waals surface area contributed by atoms with Crippen molar-refractivity contribution < 1.29 is 19.4 Å². The van der Waals surface area contributed by atoms with Gasteiger partial charge in [0.25, 0.3) is 5.91 Å². The summed E-state index contributed by atoms with van der Waals surface area (Å²) in [5, 5.41) is 12.2. The van der Waals surface area contributed by atoms with Gasteiger partial charge in [-0.15, -0.1) is 0 Å². The number of methoxy groups -OCH3 is 1. The van der Waals surface area contributed by atoms with E-state index in [2.05, 4.69) is 11.4 Å². The molecule has 0 bridgehead atoms. The van der Waals surface area contributed by atoms with E-state index in [9.17, 15) is 9.59 Å². The van der Waals surface area contributed by atoms with Crippen LogP contribution in [0.1, 0.15) is 5.56 Å². The van der Waals surface area contributed by atoms with Crippen LogP contribution < -0.4 is 5.32 Å². The van der Waals surface area contributed by atoms with Crippen molar-refractivity contribution in [3.8, 4) is 11.1 Å². The average Bonchev–Trinajstić information content (AvgIpc) is 2.98. The van der Waals surface area contributed by atoms with E-state index in [1.165, 1.54) is 17.6 Å². The molecule has 6 heteroatoms. The summed E-state index contributed by atoms with van der Waals surface area (Å²) in [6.45, 7) is 2.16. The third-order valence-corrected chi connectivity index (χ3v) is 4.46. The van der Waals surface area contributed by atoms with E-state index in [0.717, 1.165) is 11.1 Å². The topological polar surface area (TPSA) is 78.9 Å². The molecule has 1 heterocycles. The lowest BCUT2D eigenvalue weighted by atomic mass is 10.0. The summed E-state index contributed by atoms with van der Waals surface area (Å²) in [5.74, 6) is -0.880. The molecule has 27 heavy (non-hydrogen) atoms. The van der Waals surface area contributed by atoms with Gasteiger partial charge in [-0.3, -0.25) is 4.79 Å². The highest BCUT2D eigenvalue weighted by molar-refractivity contribution is 6.08. The van der Waals surface area contributed by atoms with Crippen LogP contribution >= 0.6 is 0 Å². The first-order valence-electron chi connectivity index (χ1n) is 8.69. The van der Waals surface area contributed by atoms with Crippen LogP contribution in [0.25, 0.3) is 11.1 Å². The largest absolute Gasteiger partial charge is 0.466 e. The maximum atomic E-state index is 12.5. The number of nitrogens with zero attached hydrogens (tertiary/aromatic N) is 1. The normalized spacial score (nSPS) is 13.9. The van der Waals surface area contributed by atoms with E-state index < -0.39 is 5.97 Å². The molecule has 0 spiro atoms. The Morgan fingerprint density at radius 3 is 2.56 bits per heavy atom. The van der Waals surface area contributed by atoms with E-state index in [0.29, 0.717) is 5.69 Å². The number of carbonyl (C=O) groups excluding carboxylic acids is 2. The van der Waals surface area contributed by atoms with E-state index in [4.69, 9.17) is 9.84 Å². The molecule has 0 saturated carbocycles. The summed E-state index contributed by atoms with van der Waals surface area (Å²) in [6.07, 6.45) is 0. The van der Waals surface area contributed by atoms with Gasteiger partial charge in [-0.25, -0.2) is 4.79 Å². The third kappa shape index (κ3) is 4.01. The minimum atomic E-state index is -0.553. The molecule has 6 nitrogen and oxygen atoms in total. The van der Waals surface area contributed by atoms with Crippen LogP contribution in [0.5, 0.6) is 0 Å². The first-order valence-corrected chi connectivity index (χ1v) is 8.69. The number of benzene rings is 2. The Balaban J connectivity index is 1.84. The highest BCUT2D eigenvalue weighted by Gasteiger charge is 2.34. The van der Waals surface area contributed by atoms with E-state index in [1.54, 1.807) is 0 Å². The Labute approximate surface area is 158 Å². The molecule has 0 fully saturated rings. The van der Waals surface area contributed by atoms with Gasteiger partial charge in [-0.2, -0.15) is 0 Å². The van der Waals surface area contributed by atoms with Gasteiger partial charge in [0.15, 0.2) is 0 Å². The molecule has 0 atom stereocenters. The molecule has 1 aliphatic heterocycles. The number of aliphatic hydroxyl groups excluding tert-OH is 1. The number of hydrogen-bond donors (Lipinski definition) is 2. The van der Waals surface area contributed by atoms with Crippen molar-refractivity contribution in [3.63, 3.8) is 0 Å². The summed E-state index contributed by atoms with van der Waals surface area (Å²) < 4.78 is 4.79. The van der Waals surface area contributed by atoms with Crippen LogP contribution in [-0.4, -0.2) is 48.7 Å². The Hall–Kier alpha value is -3.12. The van der Waals surface area contributed by atoms with E-state index in [-0.39, 0.29) is 36.9 Å². The van der Waals surface area contributed by atoms with E-state index in [1.807, 2.05) is 49.4 Å². The monoisotopic (exact) mass is 366 g/mol. The Bertz CT molecular complexity index is 887. The average molecular weight is 366 g/mol. The first kappa shape index (κ1) is 18.7. The van der Waals surface area contributed by atoms with E-state index >= 15 is 0 Å². The molecular formula is C21H22N2O4.